The van der Waals surface area contributed by atoms with Gasteiger partial charge in [0.1, 0.15) is 5.76 Å². The highest BCUT2D eigenvalue weighted by atomic mass is 16.4. The number of carbonyl (C=O) groups is 1. The van der Waals surface area contributed by atoms with E-state index >= 15 is 0 Å². The van der Waals surface area contributed by atoms with E-state index in [0.717, 1.165) is 42.7 Å². The first-order valence-electron chi connectivity index (χ1n) is 8.08. The van der Waals surface area contributed by atoms with Crippen LogP contribution in [0.3, 0.4) is 0 Å². The van der Waals surface area contributed by atoms with Crippen molar-refractivity contribution in [3.05, 3.63) is 36.2 Å². The molecule has 1 saturated carbocycles. The fraction of sp³-hybridized carbons (Fsp3) is 0.444. The first kappa shape index (κ1) is 15.7. The average molecular weight is 313 g/mol. The Balaban J connectivity index is 1.76. The lowest BCUT2D eigenvalue weighted by Gasteiger charge is -2.37. The SMILES string of the molecule is Cc1cnc(-c2cccc(NC(=O)C3CCCCC3(C)N)c2)o1. The summed E-state index contributed by atoms with van der Waals surface area (Å²) in [4.78, 5) is 16.8. The van der Waals surface area contributed by atoms with Crippen molar-refractivity contribution in [3.8, 4) is 11.5 Å². The van der Waals surface area contributed by atoms with Crippen LogP contribution in [0.15, 0.2) is 34.9 Å². The van der Waals surface area contributed by atoms with E-state index < -0.39 is 5.54 Å². The fourth-order valence-corrected chi connectivity index (χ4v) is 3.24. The Hall–Kier alpha value is -2.14. The molecule has 0 aliphatic heterocycles. The first-order chi connectivity index (χ1) is 11.0. The number of aryl methyl sites for hydroxylation is 1. The van der Waals surface area contributed by atoms with Crippen molar-refractivity contribution in [1.82, 2.24) is 4.98 Å². The molecule has 3 rings (SSSR count). The number of rotatable bonds is 3. The van der Waals surface area contributed by atoms with E-state index in [1.54, 1.807) is 6.20 Å². The number of amides is 1. The van der Waals surface area contributed by atoms with E-state index in [2.05, 4.69) is 10.3 Å². The van der Waals surface area contributed by atoms with Crippen LogP contribution >= 0.6 is 0 Å². The van der Waals surface area contributed by atoms with Crippen LogP contribution < -0.4 is 11.1 Å². The summed E-state index contributed by atoms with van der Waals surface area (Å²) in [5.74, 6) is 1.16. The highest BCUT2D eigenvalue weighted by Crippen LogP contribution is 2.32. The maximum Gasteiger partial charge on any atom is 0.229 e. The van der Waals surface area contributed by atoms with Gasteiger partial charge in [0.2, 0.25) is 11.8 Å². The fourth-order valence-electron chi connectivity index (χ4n) is 3.24. The lowest BCUT2D eigenvalue weighted by Crippen LogP contribution is -2.51. The highest BCUT2D eigenvalue weighted by molar-refractivity contribution is 5.94. The molecule has 2 aromatic rings. The molecule has 1 aliphatic carbocycles. The van der Waals surface area contributed by atoms with Crippen LogP contribution in [-0.4, -0.2) is 16.4 Å². The average Bonchev–Trinajstić information content (AvgIpc) is 2.93. The molecular weight excluding hydrogens is 290 g/mol. The molecule has 23 heavy (non-hydrogen) atoms. The van der Waals surface area contributed by atoms with Crippen molar-refractivity contribution >= 4 is 11.6 Å². The minimum absolute atomic E-state index is 0.00423. The minimum Gasteiger partial charge on any atom is -0.441 e. The molecule has 0 saturated heterocycles. The van der Waals surface area contributed by atoms with Crippen molar-refractivity contribution < 1.29 is 9.21 Å². The topological polar surface area (TPSA) is 81.2 Å². The normalized spacial score (nSPS) is 24.4. The summed E-state index contributed by atoms with van der Waals surface area (Å²) in [6, 6.07) is 7.54. The maximum atomic E-state index is 12.6. The van der Waals surface area contributed by atoms with Crippen LogP contribution in [-0.2, 0) is 4.79 Å². The Morgan fingerprint density at radius 2 is 2.26 bits per heavy atom. The van der Waals surface area contributed by atoms with Gasteiger partial charge in [-0.1, -0.05) is 18.9 Å². The molecular formula is C18H23N3O2. The van der Waals surface area contributed by atoms with Crippen molar-refractivity contribution in [2.75, 3.05) is 5.32 Å². The molecule has 2 unspecified atom stereocenters. The lowest BCUT2D eigenvalue weighted by molar-refractivity contribution is -0.122. The molecule has 1 heterocycles. The number of aromatic nitrogens is 1. The van der Waals surface area contributed by atoms with E-state index in [0.29, 0.717) is 5.89 Å². The Morgan fingerprint density at radius 3 is 2.96 bits per heavy atom. The standard InChI is InChI=1S/C18H23N3O2/c1-12-11-20-17(23-12)13-6-5-7-14(10-13)21-16(22)15-8-3-4-9-18(15,2)19/h5-7,10-11,15H,3-4,8-9,19H2,1-2H3,(H,21,22). The summed E-state index contributed by atoms with van der Waals surface area (Å²) in [7, 11) is 0. The summed E-state index contributed by atoms with van der Waals surface area (Å²) in [5, 5.41) is 3.00. The molecule has 1 fully saturated rings. The van der Waals surface area contributed by atoms with Gasteiger partial charge in [0, 0.05) is 16.8 Å². The Morgan fingerprint density at radius 1 is 1.43 bits per heavy atom. The number of anilines is 1. The minimum atomic E-state index is -0.431. The van der Waals surface area contributed by atoms with Gasteiger partial charge in [0.05, 0.1) is 12.1 Å². The van der Waals surface area contributed by atoms with Gasteiger partial charge >= 0.3 is 0 Å². The molecule has 1 aromatic carbocycles. The molecule has 3 N–H and O–H groups in total. The molecule has 1 aromatic heterocycles. The third-order valence-corrected chi connectivity index (χ3v) is 4.57. The molecule has 5 nitrogen and oxygen atoms in total. The second kappa shape index (κ2) is 6.16. The smallest absolute Gasteiger partial charge is 0.229 e. The zero-order chi connectivity index (χ0) is 16.4. The molecule has 122 valence electrons. The van der Waals surface area contributed by atoms with Crippen LogP contribution in [0.25, 0.3) is 11.5 Å². The third-order valence-electron chi connectivity index (χ3n) is 4.57. The second-order valence-corrected chi connectivity index (χ2v) is 6.65. The first-order valence-corrected chi connectivity index (χ1v) is 8.08. The molecule has 0 radical (unpaired) electrons. The van der Waals surface area contributed by atoms with Crippen molar-refractivity contribution in [1.29, 1.82) is 0 Å². The van der Waals surface area contributed by atoms with Crippen LogP contribution in [0.4, 0.5) is 5.69 Å². The van der Waals surface area contributed by atoms with Crippen LogP contribution in [0.1, 0.15) is 38.4 Å². The third kappa shape index (κ3) is 3.45. The molecule has 0 bridgehead atoms. The maximum absolute atomic E-state index is 12.6. The van der Waals surface area contributed by atoms with E-state index in [1.807, 2.05) is 38.1 Å². The predicted octanol–water partition coefficient (Wildman–Crippen LogP) is 3.50. The molecule has 2 atom stereocenters. The summed E-state index contributed by atoms with van der Waals surface area (Å²) in [6.07, 6.45) is 5.57. The molecule has 1 amide bonds. The van der Waals surface area contributed by atoms with Gasteiger partial charge in [-0.2, -0.15) is 0 Å². The van der Waals surface area contributed by atoms with Gasteiger partial charge in [0.25, 0.3) is 0 Å². The van der Waals surface area contributed by atoms with Gasteiger partial charge in [-0.05, 0) is 44.9 Å². The Kier molecular flexibility index (Phi) is 4.22. The number of carbonyl (C=O) groups excluding carboxylic acids is 1. The van der Waals surface area contributed by atoms with Gasteiger partial charge in [-0.15, -0.1) is 0 Å². The van der Waals surface area contributed by atoms with E-state index in [1.165, 1.54) is 0 Å². The summed E-state index contributed by atoms with van der Waals surface area (Å²) in [6.45, 7) is 3.83. The van der Waals surface area contributed by atoms with Crippen LogP contribution in [0.2, 0.25) is 0 Å². The highest BCUT2D eigenvalue weighted by Gasteiger charge is 2.37. The summed E-state index contributed by atoms with van der Waals surface area (Å²) in [5.41, 5.74) is 7.47. The van der Waals surface area contributed by atoms with Gasteiger partial charge in [0.15, 0.2) is 0 Å². The number of nitrogens with zero attached hydrogens (tertiary/aromatic N) is 1. The van der Waals surface area contributed by atoms with Crippen LogP contribution in [0.5, 0.6) is 0 Å². The van der Waals surface area contributed by atoms with Gasteiger partial charge < -0.3 is 15.5 Å². The van der Waals surface area contributed by atoms with E-state index in [9.17, 15) is 4.79 Å². The van der Waals surface area contributed by atoms with Crippen LogP contribution in [0, 0.1) is 12.8 Å². The monoisotopic (exact) mass is 313 g/mol. The number of hydrogen-bond donors (Lipinski definition) is 2. The van der Waals surface area contributed by atoms with Crippen molar-refractivity contribution in [2.45, 2.75) is 45.1 Å². The Bertz CT molecular complexity index is 706. The number of oxazole rings is 1. The zero-order valence-electron chi connectivity index (χ0n) is 13.6. The van der Waals surface area contributed by atoms with E-state index in [-0.39, 0.29) is 11.8 Å². The number of nitrogens with two attached hydrogens (primary N) is 1. The Labute approximate surface area is 136 Å². The van der Waals surface area contributed by atoms with Crippen molar-refractivity contribution in [3.63, 3.8) is 0 Å². The number of nitrogens with one attached hydrogen (secondary N) is 1. The van der Waals surface area contributed by atoms with E-state index in [4.69, 9.17) is 10.2 Å². The molecule has 5 heteroatoms. The zero-order valence-corrected chi connectivity index (χ0v) is 13.6. The predicted molar refractivity (Wildman–Crippen MR) is 89.9 cm³/mol. The lowest BCUT2D eigenvalue weighted by atomic mass is 9.74. The van der Waals surface area contributed by atoms with Gasteiger partial charge in [-0.3, -0.25) is 4.79 Å². The summed E-state index contributed by atoms with van der Waals surface area (Å²) < 4.78 is 5.54. The molecule has 1 aliphatic rings. The number of benzene rings is 1. The number of hydrogen-bond acceptors (Lipinski definition) is 4. The van der Waals surface area contributed by atoms with Crippen molar-refractivity contribution in [2.24, 2.45) is 11.7 Å². The second-order valence-electron chi connectivity index (χ2n) is 6.65. The van der Waals surface area contributed by atoms with Gasteiger partial charge in [-0.25, -0.2) is 4.98 Å². The summed E-state index contributed by atoms with van der Waals surface area (Å²) >= 11 is 0. The quantitative estimate of drug-likeness (QED) is 0.908. The largest absolute Gasteiger partial charge is 0.441 e. The molecule has 0 spiro atoms.